The van der Waals surface area contributed by atoms with Crippen molar-refractivity contribution in [3.8, 4) is 0 Å². The number of halogens is 1. The predicted molar refractivity (Wildman–Crippen MR) is 89.8 cm³/mol. The maximum absolute atomic E-state index is 10.5. The van der Waals surface area contributed by atoms with Crippen LogP contribution in [0.25, 0.3) is 11.0 Å². The van der Waals surface area contributed by atoms with Crippen molar-refractivity contribution >= 4 is 26.9 Å². The average Bonchev–Trinajstić information content (AvgIpc) is 2.96. The Kier molecular flexibility index (Phi) is 4.62. The first-order chi connectivity index (χ1) is 10.7. The lowest BCUT2D eigenvalue weighted by molar-refractivity contribution is 0.192. The SMILES string of the molecule is OCCCc1ccc2oc(C(O)c3ccc(Br)cc3)cc2c1. The Labute approximate surface area is 137 Å². The molecular formula is C18H17BrO3. The third-order valence-electron chi connectivity index (χ3n) is 3.68. The van der Waals surface area contributed by atoms with E-state index in [4.69, 9.17) is 9.52 Å². The van der Waals surface area contributed by atoms with E-state index in [0.29, 0.717) is 5.76 Å². The molecule has 114 valence electrons. The van der Waals surface area contributed by atoms with Gasteiger partial charge in [0, 0.05) is 16.5 Å². The van der Waals surface area contributed by atoms with Crippen molar-refractivity contribution in [1.29, 1.82) is 0 Å². The summed E-state index contributed by atoms with van der Waals surface area (Å²) in [6, 6.07) is 15.4. The average molecular weight is 361 g/mol. The van der Waals surface area contributed by atoms with Crippen LogP contribution in [0.5, 0.6) is 0 Å². The highest BCUT2D eigenvalue weighted by molar-refractivity contribution is 9.10. The minimum Gasteiger partial charge on any atom is -0.458 e. The lowest BCUT2D eigenvalue weighted by Gasteiger charge is -2.07. The van der Waals surface area contributed by atoms with Gasteiger partial charge in [0.05, 0.1) is 0 Å². The Morgan fingerprint density at radius 3 is 2.55 bits per heavy atom. The van der Waals surface area contributed by atoms with Gasteiger partial charge in [-0.25, -0.2) is 0 Å². The van der Waals surface area contributed by atoms with Gasteiger partial charge in [-0.3, -0.25) is 0 Å². The molecule has 4 heteroatoms. The van der Waals surface area contributed by atoms with Gasteiger partial charge < -0.3 is 14.6 Å². The second kappa shape index (κ2) is 6.65. The molecule has 0 spiro atoms. The molecule has 0 saturated heterocycles. The summed E-state index contributed by atoms with van der Waals surface area (Å²) in [7, 11) is 0. The highest BCUT2D eigenvalue weighted by Gasteiger charge is 2.15. The third-order valence-corrected chi connectivity index (χ3v) is 4.21. The van der Waals surface area contributed by atoms with Gasteiger partial charge in [0.1, 0.15) is 17.4 Å². The quantitative estimate of drug-likeness (QED) is 0.716. The monoisotopic (exact) mass is 360 g/mol. The van der Waals surface area contributed by atoms with Crippen molar-refractivity contribution in [1.82, 2.24) is 0 Å². The summed E-state index contributed by atoms with van der Waals surface area (Å²) in [6.45, 7) is 0.191. The van der Waals surface area contributed by atoms with Crippen molar-refractivity contribution in [3.63, 3.8) is 0 Å². The van der Waals surface area contributed by atoms with E-state index in [-0.39, 0.29) is 6.61 Å². The number of hydrogen-bond donors (Lipinski definition) is 2. The molecule has 0 saturated carbocycles. The van der Waals surface area contributed by atoms with Crippen LogP contribution in [-0.2, 0) is 6.42 Å². The second-order valence-corrected chi connectivity index (χ2v) is 6.22. The van der Waals surface area contributed by atoms with E-state index in [1.807, 2.05) is 48.5 Å². The summed E-state index contributed by atoms with van der Waals surface area (Å²) in [5.41, 5.74) is 2.72. The Morgan fingerprint density at radius 1 is 1.05 bits per heavy atom. The maximum atomic E-state index is 10.5. The molecule has 3 rings (SSSR count). The topological polar surface area (TPSA) is 53.6 Å². The molecule has 1 heterocycles. The molecule has 22 heavy (non-hydrogen) atoms. The molecule has 0 aliphatic rings. The van der Waals surface area contributed by atoms with E-state index >= 15 is 0 Å². The van der Waals surface area contributed by atoms with Crippen molar-refractivity contribution in [2.75, 3.05) is 6.61 Å². The fourth-order valence-electron chi connectivity index (χ4n) is 2.50. The first-order valence-electron chi connectivity index (χ1n) is 7.24. The molecule has 1 atom stereocenters. The van der Waals surface area contributed by atoms with E-state index in [2.05, 4.69) is 15.9 Å². The highest BCUT2D eigenvalue weighted by Crippen LogP contribution is 2.29. The maximum Gasteiger partial charge on any atom is 0.138 e. The number of aliphatic hydroxyl groups excluding tert-OH is 2. The number of aryl methyl sites for hydroxylation is 1. The standard InChI is InChI=1S/C18H17BrO3/c19-15-6-4-13(5-7-15)18(21)17-11-14-10-12(2-1-9-20)3-8-16(14)22-17/h3-8,10-11,18,20-21H,1-2,9H2. The zero-order chi connectivity index (χ0) is 15.5. The van der Waals surface area contributed by atoms with Crippen LogP contribution in [0.4, 0.5) is 0 Å². The normalized spacial score (nSPS) is 12.7. The van der Waals surface area contributed by atoms with Crippen LogP contribution in [0.15, 0.2) is 57.4 Å². The van der Waals surface area contributed by atoms with Crippen molar-refractivity contribution in [2.24, 2.45) is 0 Å². The molecular weight excluding hydrogens is 344 g/mol. The van der Waals surface area contributed by atoms with Gasteiger partial charge in [-0.2, -0.15) is 0 Å². The Morgan fingerprint density at radius 2 is 1.82 bits per heavy atom. The molecule has 1 aromatic heterocycles. The summed E-state index contributed by atoms with van der Waals surface area (Å²) in [5.74, 6) is 0.539. The summed E-state index contributed by atoms with van der Waals surface area (Å²) in [6.07, 6.45) is 0.807. The summed E-state index contributed by atoms with van der Waals surface area (Å²) >= 11 is 3.38. The molecule has 3 aromatic rings. The van der Waals surface area contributed by atoms with Crippen LogP contribution in [0, 0.1) is 0 Å². The largest absolute Gasteiger partial charge is 0.458 e. The van der Waals surface area contributed by atoms with Gasteiger partial charge in [0.25, 0.3) is 0 Å². The van der Waals surface area contributed by atoms with Gasteiger partial charge in [-0.15, -0.1) is 0 Å². The van der Waals surface area contributed by atoms with Crippen LogP contribution in [0.1, 0.15) is 29.4 Å². The fourth-order valence-corrected chi connectivity index (χ4v) is 2.76. The van der Waals surface area contributed by atoms with Crippen LogP contribution in [0.2, 0.25) is 0 Å². The van der Waals surface area contributed by atoms with Crippen molar-refractivity contribution < 1.29 is 14.6 Å². The van der Waals surface area contributed by atoms with Gasteiger partial charge in [0.2, 0.25) is 0 Å². The summed E-state index contributed by atoms with van der Waals surface area (Å²) < 4.78 is 6.74. The van der Waals surface area contributed by atoms with Crippen LogP contribution < -0.4 is 0 Å². The number of rotatable bonds is 5. The first-order valence-corrected chi connectivity index (χ1v) is 8.03. The van der Waals surface area contributed by atoms with Crippen LogP contribution in [-0.4, -0.2) is 16.8 Å². The predicted octanol–water partition coefficient (Wildman–Crippen LogP) is 4.20. The van der Waals surface area contributed by atoms with Gasteiger partial charge in [-0.1, -0.05) is 34.1 Å². The first kappa shape index (κ1) is 15.3. The Balaban J connectivity index is 1.89. The van der Waals surface area contributed by atoms with Gasteiger partial charge in [-0.05, 0) is 54.3 Å². The zero-order valence-corrected chi connectivity index (χ0v) is 13.6. The van der Waals surface area contributed by atoms with E-state index in [0.717, 1.165) is 39.4 Å². The lowest BCUT2D eigenvalue weighted by atomic mass is 10.1. The van der Waals surface area contributed by atoms with E-state index < -0.39 is 6.10 Å². The van der Waals surface area contributed by atoms with Gasteiger partial charge in [0.15, 0.2) is 0 Å². The molecule has 3 nitrogen and oxygen atoms in total. The molecule has 0 amide bonds. The van der Waals surface area contributed by atoms with Gasteiger partial charge >= 0.3 is 0 Å². The molecule has 0 aliphatic carbocycles. The minimum absolute atomic E-state index is 0.191. The number of fused-ring (bicyclic) bond motifs is 1. The molecule has 0 bridgehead atoms. The Bertz CT molecular complexity index is 762. The van der Waals surface area contributed by atoms with E-state index in [9.17, 15) is 5.11 Å². The number of benzene rings is 2. The summed E-state index contributed by atoms with van der Waals surface area (Å²) in [4.78, 5) is 0. The molecule has 1 unspecified atom stereocenters. The minimum atomic E-state index is -0.776. The van der Waals surface area contributed by atoms with Crippen LogP contribution in [0.3, 0.4) is 0 Å². The van der Waals surface area contributed by atoms with Crippen molar-refractivity contribution in [2.45, 2.75) is 18.9 Å². The highest BCUT2D eigenvalue weighted by atomic mass is 79.9. The molecule has 2 N–H and O–H groups in total. The molecule has 0 aliphatic heterocycles. The number of aliphatic hydroxyl groups is 2. The molecule has 0 radical (unpaired) electrons. The van der Waals surface area contributed by atoms with E-state index in [1.54, 1.807) is 0 Å². The number of furan rings is 1. The molecule has 2 aromatic carbocycles. The molecule has 0 fully saturated rings. The van der Waals surface area contributed by atoms with Crippen molar-refractivity contribution in [3.05, 3.63) is 69.9 Å². The second-order valence-electron chi connectivity index (χ2n) is 5.30. The van der Waals surface area contributed by atoms with Crippen LogP contribution >= 0.6 is 15.9 Å². The smallest absolute Gasteiger partial charge is 0.138 e. The lowest BCUT2D eigenvalue weighted by Crippen LogP contribution is -1.97. The summed E-state index contributed by atoms with van der Waals surface area (Å²) in [5, 5.41) is 20.3. The van der Waals surface area contributed by atoms with E-state index in [1.165, 1.54) is 0 Å². The number of hydrogen-bond acceptors (Lipinski definition) is 3. The third kappa shape index (κ3) is 3.24. The Hall–Kier alpha value is -1.62. The fraction of sp³-hybridized carbons (Fsp3) is 0.222. The zero-order valence-electron chi connectivity index (χ0n) is 12.0.